The summed E-state index contributed by atoms with van der Waals surface area (Å²) in [6.45, 7) is -0.253. The van der Waals surface area contributed by atoms with Gasteiger partial charge < -0.3 is 20.4 Å². The van der Waals surface area contributed by atoms with Gasteiger partial charge in [-0.3, -0.25) is 0 Å². The third-order valence-corrected chi connectivity index (χ3v) is 7.13. The average Bonchev–Trinajstić information content (AvgIpc) is 3.41. The number of halogens is 1. The van der Waals surface area contributed by atoms with Gasteiger partial charge in [0.05, 0.1) is 24.0 Å². The van der Waals surface area contributed by atoms with Gasteiger partial charge in [0, 0.05) is 21.9 Å². The molecule has 0 aliphatic heterocycles. The number of aryl methyl sites for hydroxylation is 1. The van der Waals surface area contributed by atoms with Crippen molar-refractivity contribution in [2.75, 3.05) is 12.3 Å². The van der Waals surface area contributed by atoms with Gasteiger partial charge in [-0.05, 0) is 54.7 Å². The Bertz CT molecular complexity index is 1490. The zero-order valence-electron chi connectivity index (χ0n) is 20.3. The van der Waals surface area contributed by atoms with Crippen LogP contribution in [0.2, 0.25) is 5.02 Å². The SMILES string of the molecule is N#Cc1c(N)nc(SCc2coc(-c3ccc(Cl)cc3)n2)c(C#N)c1-c1ccc(CCCC(O)CO)cc1. The van der Waals surface area contributed by atoms with Gasteiger partial charge in [0.2, 0.25) is 5.89 Å². The van der Waals surface area contributed by atoms with Crippen molar-refractivity contribution in [1.29, 1.82) is 10.5 Å². The molecule has 0 saturated heterocycles. The fourth-order valence-corrected chi connectivity index (χ4v) is 4.90. The molecule has 0 aliphatic rings. The van der Waals surface area contributed by atoms with E-state index in [1.807, 2.05) is 36.4 Å². The van der Waals surface area contributed by atoms with E-state index in [9.17, 15) is 15.6 Å². The predicted octanol–water partition coefficient (Wildman–Crippen LogP) is 5.35. The van der Waals surface area contributed by atoms with Crippen molar-refractivity contribution < 1.29 is 14.6 Å². The maximum Gasteiger partial charge on any atom is 0.226 e. The van der Waals surface area contributed by atoms with Gasteiger partial charge in [0.1, 0.15) is 34.8 Å². The van der Waals surface area contributed by atoms with Gasteiger partial charge in [-0.15, -0.1) is 0 Å². The standard InChI is InChI=1S/C28H24ClN5O3S/c29-20-10-8-19(9-11-20)27-33-21(15-37-27)16-38-28-24(13-31)25(23(12-30)26(32)34-28)18-6-4-17(5-7-18)2-1-3-22(36)14-35/h4-11,15,22,35-36H,1-3,14,16H2,(H2,32,34). The predicted molar refractivity (Wildman–Crippen MR) is 146 cm³/mol. The van der Waals surface area contributed by atoms with Gasteiger partial charge in [-0.1, -0.05) is 47.6 Å². The Balaban J connectivity index is 1.57. The number of hydrogen-bond donors (Lipinski definition) is 3. The summed E-state index contributed by atoms with van der Waals surface area (Å²) in [5.41, 5.74) is 10.2. The van der Waals surface area contributed by atoms with Gasteiger partial charge in [0.15, 0.2) is 0 Å². The van der Waals surface area contributed by atoms with Crippen molar-refractivity contribution in [1.82, 2.24) is 9.97 Å². The number of pyridine rings is 1. The molecule has 2 aromatic carbocycles. The lowest BCUT2D eigenvalue weighted by atomic mass is 9.95. The molecule has 0 bridgehead atoms. The second-order valence-corrected chi connectivity index (χ2v) is 9.92. The highest BCUT2D eigenvalue weighted by Gasteiger charge is 2.21. The van der Waals surface area contributed by atoms with Crippen LogP contribution in [0.1, 0.15) is 35.2 Å². The van der Waals surface area contributed by atoms with E-state index in [0.717, 1.165) is 24.0 Å². The third-order valence-electron chi connectivity index (χ3n) is 5.87. The molecule has 4 N–H and O–H groups in total. The highest BCUT2D eigenvalue weighted by molar-refractivity contribution is 7.98. The molecule has 1 unspecified atom stereocenters. The van der Waals surface area contributed by atoms with Crippen LogP contribution in [0.15, 0.2) is 64.2 Å². The second-order valence-electron chi connectivity index (χ2n) is 8.52. The first-order valence-electron chi connectivity index (χ1n) is 11.8. The molecule has 4 aromatic rings. The molecule has 0 fully saturated rings. The molecule has 0 spiro atoms. The van der Waals surface area contributed by atoms with Gasteiger partial charge >= 0.3 is 0 Å². The van der Waals surface area contributed by atoms with Gasteiger partial charge in [0.25, 0.3) is 0 Å². The summed E-state index contributed by atoms with van der Waals surface area (Å²) in [7, 11) is 0. The van der Waals surface area contributed by atoms with Gasteiger partial charge in [-0.25, -0.2) is 9.97 Å². The molecule has 2 heterocycles. The fourth-order valence-electron chi connectivity index (χ4n) is 3.90. The number of oxazole rings is 1. The smallest absolute Gasteiger partial charge is 0.226 e. The van der Waals surface area contributed by atoms with Crippen LogP contribution < -0.4 is 5.73 Å². The molecule has 0 amide bonds. The number of rotatable bonds is 10. The summed E-state index contributed by atoms with van der Waals surface area (Å²) in [6.07, 6.45) is 2.78. The number of aliphatic hydroxyl groups excluding tert-OH is 2. The lowest BCUT2D eigenvalue weighted by Crippen LogP contribution is -2.11. The second kappa shape index (κ2) is 12.6. The number of aromatic nitrogens is 2. The number of nitrogens with zero attached hydrogens (tertiary/aromatic N) is 4. The quantitative estimate of drug-likeness (QED) is 0.224. The maximum atomic E-state index is 10.0. The largest absolute Gasteiger partial charge is 0.444 e. The molecule has 10 heteroatoms. The molecule has 1 atom stereocenters. The van der Waals surface area contributed by atoms with Crippen LogP contribution in [-0.4, -0.2) is 32.9 Å². The highest BCUT2D eigenvalue weighted by atomic mass is 35.5. The number of benzene rings is 2. The lowest BCUT2D eigenvalue weighted by molar-refractivity contribution is 0.0867. The Morgan fingerprint density at radius 1 is 1.00 bits per heavy atom. The molecule has 0 saturated carbocycles. The molecule has 8 nitrogen and oxygen atoms in total. The Labute approximate surface area is 229 Å². The summed E-state index contributed by atoms with van der Waals surface area (Å²) < 4.78 is 5.60. The zero-order valence-corrected chi connectivity index (χ0v) is 21.8. The number of anilines is 1. The van der Waals surface area contributed by atoms with E-state index < -0.39 is 6.10 Å². The summed E-state index contributed by atoms with van der Waals surface area (Å²) in [5.74, 6) is 0.882. The Morgan fingerprint density at radius 2 is 1.68 bits per heavy atom. The molecular formula is C28H24ClN5O3S. The molecule has 38 heavy (non-hydrogen) atoms. The normalized spacial score (nSPS) is 11.6. The van der Waals surface area contributed by atoms with Crippen LogP contribution >= 0.6 is 23.4 Å². The van der Waals surface area contributed by atoms with E-state index in [0.29, 0.717) is 44.9 Å². The maximum absolute atomic E-state index is 10.0. The van der Waals surface area contributed by atoms with Crippen molar-refractivity contribution in [2.24, 2.45) is 0 Å². The summed E-state index contributed by atoms with van der Waals surface area (Å²) in [4.78, 5) is 8.87. The van der Waals surface area contributed by atoms with Crippen molar-refractivity contribution in [3.05, 3.63) is 82.2 Å². The molecule has 4 rings (SSSR count). The van der Waals surface area contributed by atoms with Crippen LogP contribution in [0.5, 0.6) is 0 Å². The van der Waals surface area contributed by atoms with E-state index in [-0.39, 0.29) is 23.6 Å². The van der Waals surface area contributed by atoms with Crippen LogP contribution in [0.3, 0.4) is 0 Å². The van der Waals surface area contributed by atoms with E-state index >= 15 is 0 Å². The van der Waals surface area contributed by atoms with Crippen LogP contribution in [-0.2, 0) is 12.2 Å². The molecule has 2 aromatic heterocycles. The summed E-state index contributed by atoms with van der Waals surface area (Å²) in [6, 6.07) is 19.0. The highest BCUT2D eigenvalue weighted by Crippen LogP contribution is 2.37. The monoisotopic (exact) mass is 545 g/mol. The lowest BCUT2D eigenvalue weighted by Gasteiger charge is -2.13. The summed E-state index contributed by atoms with van der Waals surface area (Å²) >= 11 is 7.24. The summed E-state index contributed by atoms with van der Waals surface area (Å²) in [5, 5.41) is 39.4. The number of hydrogen-bond acceptors (Lipinski definition) is 9. The van der Waals surface area contributed by atoms with Crippen molar-refractivity contribution in [3.63, 3.8) is 0 Å². The van der Waals surface area contributed by atoms with Gasteiger partial charge in [-0.2, -0.15) is 10.5 Å². The minimum atomic E-state index is -0.720. The fraction of sp³-hybridized carbons (Fsp3) is 0.214. The zero-order chi connectivity index (χ0) is 27.1. The van der Waals surface area contributed by atoms with Crippen molar-refractivity contribution in [2.45, 2.75) is 36.1 Å². The third kappa shape index (κ3) is 6.34. The van der Waals surface area contributed by atoms with Crippen LogP contribution in [0, 0.1) is 22.7 Å². The minimum Gasteiger partial charge on any atom is -0.444 e. The van der Waals surface area contributed by atoms with Crippen molar-refractivity contribution in [3.8, 4) is 34.7 Å². The first-order chi connectivity index (χ1) is 18.4. The first kappa shape index (κ1) is 27.2. The molecular weight excluding hydrogens is 522 g/mol. The number of nitriles is 2. The van der Waals surface area contributed by atoms with E-state index in [1.165, 1.54) is 11.8 Å². The van der Waals surface area contributed by atoms with Crippen molar-refractivity contribution >= 4 is 29.2 Å². The van der Waals surface area contributed by atoms with E-state index in [1.54, 1.807) is 18.4 Å². The Kier molecular flexibility index (Phi) is 9.01. The van der Waals surface area contributed by atoms with E-state index in [2.05, 4.69) is 22.1 Å². The minimum absolute atomic E-state index is 0.0491. The number of aliphatic hydroxyl groups is 2. The van der Waals surface area contributed by atoms with E-state index in [4.69, 9.17) is 26.9 Å². The average molecular weight is 546 g/mol. The Morgan fingerprint density at radius 3 is 2.34 bits per heavy atom. The first-order valence-corrected chi connectivity index (χ1v) is 13.1. The Hall–Kier alpha value is -3.86. The number of thioether (sulfide) groups is 1. The molecule has 0 aliphatic carbocycles. The van der Waals surface area contributed by atoms with Crippen LogP contribution in [0.25, 0.3) is 22.6 Å². The topological polar surface area (TPSA) is 153 Å². The molecule has 0 radical (unpaired) electrons. The number of nitrogen functional groups attached to an aromatic ring is 1. The molecule has 192 valence electrons. The number of nitrogens with two attached hydrogens (primary N) is 1. The van der Waals surface area contributed by atoms with Crippen LogP contribution in [0.4, 0.5) is 5.82 Å².